The molecule has 0 aliphatic heterocycles. The zero-order valence-corrected chi connectivity index (χ0v) is 13.1. The quantitative estimate of drug-likeness (QED) is 0.526. The molecule has 2 rings (SSSR count). The molecule has 20 heavy (non-hydrogen) atoms. The lowest BCUT2D eigenvalue weighted by molar-refractivity contribution is -0.166. The maximum atomic E-state index is 12.1. The minimum atomic E-state index is -0.184. The summed E-state index contributed by atoms with van der Waals surface area (Å²) < 4.78 is 6.08. The van der Waals surface area contributed by atoms with Gasteiger partial charge in [0, 0.05) is 5.57 Å². The average molecular weight is 278 g/mol. The summed E-state index contributed by atoms with van der Waals surface area (Å²) in [5.74, 6) is 0.411. The van der Waals surface area contributed by atoms with Gasteiger partial charge in [0.2, 0.25) is 0 Å². The second-order valence-corrected chi connectivity index (χ2v) is 6.84. The Hall–Kier alpha value is -0.790. The van der Waals surface area contributed by atoms with Gasteiger partial charge in [-0.15, -0.1) is 0 Å². The zero-order chi connectivity index (χ0) is 14.4. The van der Waals surface area contributed by atoms with Crippen LogP contribution >= 0.6 is 0 Å². The van der Waals surface area contributed by atoms with Crippen molar-refractivity contribution in [1.82, 2.24) is 0 Å². The fourth-order valence-electron chi connectivity index (χ4n) is 4.00. The number of esters is 1. The van der Waals surface area contributed by atoms with Gasteiger partial charge in [-0.05, 0) is 51.4 Å². The third-order valence-corrected chi connectivity index (χ3v) is 5.19. The van der Waals surface area contributed by atoms with Gasteiger partial charge in [-0.1, -0.05) is 45.1 Å². The van der Waals surface area contributed by atoms with E-state index in [4.69, 9.17) is 4.74 Å². The fraction of sp³-hybridized carbons (Fsp3) is 0.833. The Bertz CT molecular complexity index is 331. The van der Waals surface area contributed by atoms with Crippen LogP contribution in [0.2, 0.25) is 0 Å². The first kappa shape index (κ1) is 15.6. The molecule has 0 atom stereocenters. The largest absolute Gasteiger partial charge is 0.455 e. The van der Waals surface area contributed by atoms with Gasteiger partial charge < -0.3 is 4.74 Å². The number of ether oxygens (including phenoxy) is 1. The molecule has 0 aromatic heterocycles. The molecule has 0 unspecified atom stereocenters. The Morgan fingerprint density at radius 1 is 0.950 bits per heavy atom. The molecule has 2 heteroatoms. The summed E-state index contributed by atoms with van der Waals surface area (Å²) in [5.41, 5.74) is 0.360. The van der Waals surface area contributed by atoms with E-state index < -0.39 is 0 Å². The molecule has 2 fully saturated rings. The summed E-state index contributed by atoms with van der Waals surface area (Å²) in [6, 6.07) is 0. The molecule has 2 nitrogen and oxygen atoms in total. The highest BCUT2D eigenvalue weighted by Crippen LogP contribution is 2.43. The highest BCUT2D eigenvalue weighted by atomic mass is 16.6. The van der Waals surface area contributed by atoms with Crippen molar-refractivity contribution in [2.75, 3.05) is 0 Å². The van der Waals surface area contributed by atoms with Crippen molar-refractivity contribution in [3.05, 3.63) is 12.2 Å². The molecule has 0 bridgehead atoms. The van der Waals surface area contributed by atoms with Crippen molar-refractivity contribution in [2.45, 2.75) is 89.6 Å². The molecular formula is C18H30O2. The predicted octanol–water partition coefficient (Wildman–Crippen LogP) is 5.17. The van der Waals surface area contributed by atoms with Crippen LogP contribution in [-0.4, -0.2) is 11.6 Å². The SMILES string of the molecule is C=C(C)C(=O)OC1(C2CCCCC2)CCCCCCC1. The molecule has 0 spiro atoms. The molecule has 2 aliphatic rings. The van der Waals surface area contributed by atoms with Crippen LogP contribution in [0.5, 0.6) is 0 Å². The summed E-state index contributed by atoms with van der Waals surface area (Å²) in [6.45, 7) is 5.53. The molecule has 2 aliphatic carbocycles. The van der Waals surface area contributed by atoms with E-state index in [0.29, 0.717) is 11.5 Å². The lowest BCUT2D eigenvalue weighted by atomic mass is 9.71. The van der Waals surface area contributed by atoms with Crippen LogP contribution in [-0.2, 0) is 9.53 Å². The van der Waals surface area contributed by atoms with Crippen LogP contribution in [0, 0.1) is 5.92 Å². The Kier molecular flexibility index (Phi) is 5.68. The van der Waals surface area contributed by atoms with Crippen molar-refractivity contribution in [3.63, 3.8) is 0 Å². The third kappa shape index (κ3) is 3.86. The Labute approximate surface area is 124 Å². The molecule has 0 heterocycles. The van der Waals surface area contributed by atoms with Crippen LogP contribution in [0.3, 0.4) is 0 Å². The van der Waals surface area contributed by atoms with Gasteiger partial charge in [-0.25, -0.2) is 4.79 Å². The summed E-state index contributed by atoms with van der Waals surface area (Å²) in [5, 5.41) is 0. The first-order valence-electron chi connectivity index (χ1n) is 8.53. The average Bonchev–Trinajstić information content (AvgIpc) is 2.42. The Morgan fingerprint density at radius 3 is 2.00 bits per heavy atom. The van der Waals surface area contributed by atoms with Crippen molar-refractivity contribution in [3.8, 4) is 0 Å². The second-order valence-electron chi connectivity index (χ2n) is 6.84. The molecule has 0 radical (unpaired) electrons. The number of rotatable bonds is 3. The van der Waals surface area contributed by atoms with E-state index in [0.717, 1.165) is 12.8 Å². The van der Waals surface area contributed by atoms with E-state index in [1.807, 2.05) is 0 Å². The van der Waals surface area contributed by atoms with Gasteiger partial charge in [0.05, 0.1) is 0 Å². The minimum absolute atomic E-state index is 0.170. The predicted molar refractivity (Wildman–Crippen MR) is 82.5 cm³/mol. The third-order valence-electron chi connectivity index (χ3n) is 5.19. The van der Waals surface area contributed by atoms with Gasteiger partial charge in [-0.2, -0.15) is 0 Å². The first-order chi connectivity index (χ1) is 9.64. The lowest BCUT2D eigenvalue weighted by Crippen LogP contribution is -2.44. The smallest absolute Gasteiger partial charge is 0.333 e. The van der Waals surface area contributed by atoms with Crippen molar-refractivity contribution >= 4 is 5.97 Å². The van der Waals surface area contributed by atoms with Gasteiger partial charge in [-0.3, -0.25) is 0 Å². The van der Waals surface area contributed by atoms with Crippen LogP contribution in [0.4, 0.5) is 0 Å². The van der Waals surface area contributed by atoms with Crippen molar-refractivity contribution in [2.24, 2.45) is 5.92 Å². The zero-order valence-electron chi connectivity index (χ0n) is 13.1. The van der Waals surface area contributed by atoms with Gasteiger partial charge >= 0.3 is 5.97 Å². The first-order valence-corrected chi connectivity index (χ1v) is 8.53. The summed E-state index contributed by atoms with van der Waals surface area (Å²) >= 11 is 0. The Morgan fingerprint density at radius 2 is 1.45 bits per heavy atom. The van der Waals surface area contributed by atoms with Crippen LogP contribution in [0.25, 0.3) is 0 Å². The summed E-state index contributed by atoms with van der Waals surface area (Å²) in [6.07, 6.45) is 14.9. The van der Waals surface area contributed by atoms with E-state index in [1.54, 1.807) is 6.92 Å². The number of hydrogen-bond donors (Lipinski definition) is 0. The second kappa shape index (κ2) is 7.28. The summed E-state index contributed by atoms with van der Waals surface area (Å²) in [4.78, 5) is 12.1. The lowest BCUT2D eigenvalue weighted by Gasteiger charge is -2.43. The van der Waals surface area contributed by atoms with E-state index in [-0.39, 0.29) is 11.6 Å². The highest BCUT2D eigenvalue weighted by molar-refractivity contribution is 5.87. The van der Waals surface area contributed by atoms with E-state index in [2.05, 4.69) is 6.58 Å². The topological polar surface area (TPSA) is 26.3 Å². The van der Waals surface area contributed by atoms with Gasteiger partial charge in [0.1, 0.15) is 5.60 Å². The van der Waals surface area contributed by atoms with E-state index >= 15 is 0 Å². The highest BCUT2D eigenvalue weighted by Gasteiger charge is 2.42. The minimum Gasteiger partial charge on any atom is -0.455 e. The van der Waals surface area contributed by atoms with E-state index in [1.165, 1.54) is 64.2 Å². The molecule has 2 saturated carbocycles. The monoisotopic (exact) mass is 278 g/mol. The number of hydrogen-bond acceptors (Lipinski definition) is 2. The van der Waals surface area contributed by atoms with Gasteiger partial charge in [0.15, 0.2) is 0 Å². The van der Waals surface area contributed by atoms with Crippen molar-refractivity contribution < 1.29 is 9.53 Å². The normalized spacial score (nSPS) is 24.4. The molecule has 0 N–H and O–H groups in total. The molecule has 0 aromatic carbocycles. The molecular weight excluding hydrogens is 248 g/mol. The molecule has 0 aromatic rings. The van der Waals surface area contributed by atoms with Crippen LogP contribution in [0.1, 0.15) is 84.0 Å². The summed E-state index contributed by atoms with van der Waals surface area (Å²) in [7, 11) is 0. The van der Waals surface area contributed by atoms with Crippen LogP contribution < -0.4 is 0 Å². The van der Waals surface area contributed by atoms with Crippen molar-refractivity contribution in [1.29, 1.82) is 0 Å². The molecule has 0 saturated heterocycles. The maximum Gasteiger partial charge on any atom is 0.333 e. The van der Waals surface area contributed by atoms with Gasteiger partial charge in [0.25, 0.3) is 0 Å². The standard InChI is InChI=1S/C18H30O2/c1-15(2)17(19)20-18(16-11-7-6-8-12-16)13-9-4-3-5-10-14-18/h16H,1,3-14H2,2H3. The fourth-order valence-corrected chi connectivity index (χ4v) is 4.00. The molecule has 114 valence electrons. The van der Waals surface area contributed by atoms with E-state index in [9.17, 15) is 4.79 Å². The molecule has 0 amide bonds. The maximum absolute atomic E-state index is 12.1. The Balaban J connectivity index is 2.15. The number of carbonyl (C=O) groups excluding carboxylic acids is 1. The van der Waals surface area contributed by atoms with Crippen LogP contribution in [0.15, 0.2) is 12.2 Å². The number of carbonyl (C=O) groups is 1.